The van der Waals surface area contributed by atoms with Crippen LogP contribution in [0.4, 0.5) is 0 Å². The first-order valence-electron chi connectivity index (χ1n) is 5.95. The van der Waals surface area contributed by atoms with Gasteiger partial charge >= 0.3 is 0 Å². The number of fused-ring (bicyclic) bond motifs is 1. The van der Waals surface area contributed by atoms with Crippen LogP contribution in [0.15, 0.2) is 47.4 Å². The van der Waals surface area contributed by atoms with Crippen molar-refractivity contribution in [1.82, 2.24) is 10.3 Å². The van der Waals surface area contributed by atoms with E-state index >= 15 is 0 Å². The highest BCUT2D eigenvalue weighted by Crippen LogP contribution is 2.31. The van der Waals surface area contributed by atoms with E-state index in [1.54, 1.807) is 0 Å². The molecule has 0 saturated carbocycles. The van der Waals surface area contributed by atoms with Crippen LogP contribution in [-0.4, -0.2) is 17.5 Å². The summed E-state index contributed by atoms with van der Waals surface area (Å²) in [5.74, 6) is 0.566. The molecule has 0 spiro atoms. The van der Waals surface area contributed by atoms with Gasteiger partial charge < -0.3 is 15.0 Å². The molecule has 2 N–H and O–H groups in total. The first-order valence-corrected chi connectivity index (χ1v) is 5.95. The summed E-state index contributed by atoms with van der Waals surface area (Å²) in [6, 6.07) is 10.3. The SMILES string of the molecule is O=C(N[C@H]1COc2ccccc21)c1ccc(=O)[nH]c1. The van der Waals surface area contributed by atoms with Crippen LogP contribution in [0.3, 0.4) is 0 Å². The summed E-state index contributed by atoms with van der Waals surface area (Å²) < 4.78 is 5.49. The zero-order chi connectivity index (χ0) is 13.2. The molecule has 0 radical (unpaired) electrons. The van der Waals surface area contributed by atoms with Crippen molar-refractivity contribution >= 4 is 5.91 Å². The Bertz CT molecular complexity index is 658. The van der Waals surface area contributed by atoms with Gasteiger partial charge in [-0.05, 0) is 12.1 Å². The summed E-state index contributed by atoms with van der Waals surface area (Å²) in [5, 5.41) is 2.88. The number of aromatic nitrogens is 1. The average molecular weight is 256 g/mol. The molecular formula is C14H12N2O3. The second-order valence-electron chi connectivity index (χ2n) is 4.32. The molecule has 0 fully saturated rings. The number of carbonyl (C=O) groups is 1. The van der Waals surface area contributed by atoms with Gasteiger partial charge in [0.15, 0.2) is 0 Å². The Hall–Kier alpha value is -2.56. The van der Waals surface area contributed by atoms with Crippen molar-refractivity contribution in [2.75, 3.05) is 6.61 Å². The monoisotopic (exact) mass is 256 g/mol. The van der Waals surface area contributed by atoms with Crippen molar-refractivity contribution in [3.63, 3.8) is 0 Å². The van der Waals surface area contributed by atoms with E-state index in [4.69, 9.17) is 4.74 Å². The van der Waals surface area contributed by atoms with Gasteiger partial charge in [-0.25, -0.2) is 0 Å². The van der Waals surface area contributed by atoms with Crippen LogP contribution in [0.25, 0.3) is 0 Å². The standard InChI is InChI=1S/C14H12N2O3/c17-13-6-5-9(7-15-13)14(18)16-11-8-19-12-4-2-1-3-10(11)12/h1-7,11H,8H2,(H,15,17)(H,16,18)/t11-/m0/s1. The molecule has 2 aromatic rings. The zero-order valence-corrected chi connectivity index (χ0v) is 10.1. The third kappa shape index (κ3) is 2.22. The fourth-order valence-electron chi connectivity index (χ4n) is 2.08. The maximum Gasteiger partial charge on any atom is 0.253 e. The fourth-order valence-corrected chi connectivity index (χ4v) is 2.08. The minimum Gasteiger partial charge on any atom is -0.491 e. The lowest BCUT2D eigenvalue weighted by molar-refractivity contribution is 0.0930. The van der Waals surface area contributed by atoms with Crippen LogP contribution in [0.1, 0.15) is 22.0 Å². The van der Waals surface area contributed by atoms with Gasteiger partial charge in [-0.3, -0.25) is 9.59 Å². The number of carbonyl (C=O) groups excluding carboxylic acids is 1. The Morgan fingerprint density at radius 1 is 1.26 bits per heavy atom. The number of rotatable bonds is 2. The summed E-state index contributed by atoms with van der Waals surface area (Å²) in [6.07, 6.45) is 1.40. The number of hydrogen-bond donors (Lipinski definition) is 2. The Labute approximate surface area is 109 Å². The smallest absolute Gasteiger partial charge is 0.253 e. The maximum atomic E-state index is 12.0. The van der Waals surface area contributed by atoms with Crippen molar-refractivity contribution in [3.05, 3.63) is 64.1 Å². The third-order valence-electron chi connectivity index (χ3n) is 3.05. The summed E-state index contributed by atoms with van der Waals surface area (Å²) in [7, 11) is 0. The number of hydrogen-bond acceptors (Lipinski definition) is 3. The molecule has 1 aromatic heterocycles. The van der Waals surface area contributed by atoms with E-state index in [2.05, 4.69) is 10.3 Å². The summed E-state index contributed by atoms with van der Waals surface area (Å²) in [4.78, 5) is 25.5. The summed E-state index contributed by atoms with van der Waals surface area (Å²) in [6.45, 7) is 0.425. The maximum absolute atomic E-state index is 12.0. The molecular weight excluding hydrogens is 244 g/mol. The first kappa shape index (κ1) is 11.5. The molecule has 0 aliphatic carbocycles. The van der Waals surface area contributed by atoms with Crippen molar-refractivity contribution in [1.29, 1.82) is 0 Å². The highest BCUT2D eigenvalue weighted by atomic mass is 16.5. The van der Waals surface area contributed by atoms with Crippen LogP contribution >= 0.6 is 0 Å². The summed E-state index contributed by atoms with van der Waals surface area (Å²) in [5.41, 5.74) is 1.16. The predicted octanol–water partition coefficient (Wildman–Crippen LogP) is 1.24. The normalized spacial score (nSPS) is 16.5. The van der Waals surface area contributed by atoms with Gasteiger partial charge in [0.2, 0.25) is 5.56 Å². The minimum absolute atomic E-state index is 0.157. The molecule has 19 heavy (non-hydrogen) atoms. The lowest BCUT2D eigenvalue weighted by Crippen LogP contribution is -2.29. The molecule has 0 bridgehead atoms. The Kier molecular flexibility index (Phi) is 2.79. The predicted molar refractivity (Wildman–Crippen MR) is 69.2 cm³/mol. The van der Waals surface area contributed by atoms with Gasteiger partial charge in [-0.15, -0.1) is 0 Å². The molecule has 0 unspecified atom stereocenters. The number of benzene rings is 1. The minimum atomic E-state index is -0.235. The van der Waals surface area contributed by atoms with E-state index in [0.29, 0.717) is 12.2 Å². The molecule has 1 aromatic carbocycles. The molecule has 1 amide bonds. The van der Waals surface area contributed by atoms with Crippen LogP contribution in [0.5, 0.6) is 5.75 Å². The lowest BCUT2D eigenvalue weighted by atomic mass is 10.1. The second kappa shape index (κ2) is 4.61. The number of pyridine rings is 1. The van der Waals surface area contributed by atoms with E-state index in [1.165, 1.54) is 18.3 Å². The van der Waals surface area contributed by atoms with Crippen LogP contribution in [0.2, 0.25) is 0 Å². The Morgan fingerprint density at radius 3 is 2.89 bits per heavy atom. The van der Waals surface area contributed by atoms with Gasteiger partial charge in [0.1, 0.15) is 12.4 Å². The highest BCUT2D eigenvalue weighted by Gasteiger charge is 2.25. The number of amides is 1. The van der Waals surface area contributed by atoms with E-state index in [1.807, 2.05) is 24.3 Å². The highest BCUT2D eigenvalue weighted by molar-refractivity contribution is 5.94. The molecule has 0 saturated heterocycles. The zero-order valence-electron chi connectivity index (χ0n) is 10.1. The van der Waals surface area contributed by atoms with E-state index in [0.717, 1.165) is 11.3 Å². The number of ether oxygens (including phenoxy) is 1. The van der Waals surface area contributed by atoms with Crippen LogP contribution < -0.4 is 15.6 Å². The van der Waals surface area contributed by atoms with Crippen molar-refractivity contribution in [2.45, 2.75) is 6.04 Å². The molecule has 5 nitrogen and oxygen atoms in total. The first-order chi connectivity index (χ1) is 9.24. The van der Waals surface area contributed by atoms with E-state index in [9.17, 15) is 9.59 Å². The molecule has 1 aliphatic rings. The average Bonchev–Trinajstić information content (AvgIpc) is 2.83. The Morgan fingerprint density at radius 2 is 2.11 bits per heavy atom. The van der Waals surface area contributed by atoms with Gasteiger partial charge in [0, 0.05) is 17.8 Å². The van der Waals surface area contributed by atoms with Gasteiger partial charge in [-0.2, -0.15) is 0 Å². The molecule has 1 aliphatic heterocycles. The van der Waals surface area contributed by atoms with E-state index < -0.39 is 0 Å². The quantitative estimate of drug-likeness (QED) is 0.849. The van der Waals surface area contributed by atoms with Crippen molar-refractivity contribution in [3.8, 4) is 5.75 Å². The molecule has 1 atom stereocenters. The van der Waals surface area contributed by atoms with Crippen LogP contribution in [-0.2, 0) is 0 Å². The summed E-state index contributed by atoms with van der Waals surface area (Å²) >= 11 is 0. The number of H-pyrrole nitrogens is 1. The number of para-hydroxylation sites is 1. The van der Waals surface area contributed by atoms with Gasteiger partial charge in [-0.1, -0.05) is 18.2 Å². The number of aromatic amines is 1. The van der Waals surface area contributed by atoms with Crippen molar-refractivity contribution < 1.29 is 9.53 Å². The van der Waals surface area contributed by atoms with E-state index in [-0.39, 0.29) is 17.5 Å². The topological polar surface area (TPSA) is 71.2 Å². The molecule has 2 heterocycles. The second-order valence-corrected chi connectivity index (χ2v) is 4.32. The van der Waals surface area contributed by atoms with Gasteiger partial charge in [0.25, 0.3) is 5.91 Å². The molecule has 96 valence electrons. The van der Waals surface area contributed by atoms with Crippen LogP contribution in [0, 0.1) is 0 Å². The van der Waals surface area contributed by atoms with Crippen molar-refractivity contribution in [2.24, 2.45) is 0 Å². The number of nitrogens with one attached hydrogen (secondary N) is 2. The largest absolute Gasteiger partial charge is 0.491 e. The lowest BCUT2D eigenvalue weighted by Gasteiger charge is -2.11. The third-order valence-corrected chi connectivity index (χ3v) is 3.05. The Balaban J connectivity index is 1.78. The molecule has 5 heteroatoms. The molecule has 3 rings (SSSR count). The fraction of sp³-hybridized carbons (Fsp3) is 0.143. The van der Waals surface area contributed by atoms with Gasteiger partial charge in [0.05, 0.1) is 11.6 Å².